The van der Waals surface area contributed by atoms with Gasteiger partial charge >= 0.3 is 24.8 Å². The molecule has 3 aromatic carbocycles. The van der Waals surface area contributed by atoms with Gasteiger partial charge in [0.05, 0.1) is 66.9 Å². The molecule has 2 aliphatic heterocycles. The van der Waals surface area contributed by atoms with Crippen LogP contribution in [0.4, 0.5) is 26.3 Å². The number of hydrogen-bond donors (Lipinski definition) is 3. The van der Waals surface area contributed by atoms with Gasteiger partial charge in [0.2, 0.25) is 22.0 Å². The van der Waals surface area contributed by atoms with Crippen molar-refractivity contribution in [2.24, 2.45) is 5.73 Å². The number of carbonyl (C=O) groups is 3. The molecule has 0 unspecified atom stereocenters. The summed E-state index contributed by atoms with van der Waals surface area (Å²) in [5.74, 6) is -6.76. The maximum atomic E-state index is 14.2. The number of aromatic nitrogens is 8. The number of amides is 2. The third-order valence-electron chi connectivity index (χ3n) is 21.8. The van der Waals surface area contributed by atoms with Crippen LogP contribution in [0.1, 0.15) is 189 Å². The molecule has 0 atom stereocenters. The third kappa shape index (κ3) is 21.2. The number of nitrogens with zero attached hydrogens (tertiary/aromatic N) is 10. The van der Waals surface area contributed by atoms with Crippen molar-refractivity contribution in [3.63, 3.8) is 0 Å². The average molecular weight is 1730 g/mol. The fourth-order valence-corrected chi connectivity index (χ4v) is 18.7. The zero-order valence-corrected chi connectivity index (χ0v) is 71.2. The molecule has 3 saturated carbocycles. The summed E-state index contributed by atoms with van der Waals surface area (Å²) in [7, 11) is 2.60. The van der Waals surface area contributed by atoms with Crippen LogP contribution in [-0.4, -0.2) is 174 Å². The Bertz CT molecular complexity index is 5200. The quantitative estimate of drug-likeness (QED) is 0.0309. The Balaban J connectivity index is 0.000000188. The number of aromatic hydroxyl groups is 1. The number of hydrogen-bond acceptors (Lipinski definition) is 25. The number of methoxy groups -OCH3 is 2. The molecule has 37 heteroatoms. The first-order valence-corrected chi connectivity index (χ1v) is 41.6. The van der Waals surface area contributed by atoms with Crippen molar-refractivity contribution in [2.75, 3.05) is 66.8 Å². The molecule has 119 heavy (non-hydrogen) atoms. The average Bonchev–Trinajstić information content (AvgIpc) is 1.34. The van der Waals surface area contributed by atoms with E-state index in [2.05, 4.69) is 49.8 Å². The van der Waals surface area contributed by atoms with Gasteiger partial charge in [-0.05, 0) is 160 Å². The van der Waals surface area contributed by atoms with Gasteiger partial charge in [-0.15, -0.1) is 30.6 Å². The number of fused-ring (bicyclic) bond motifs is 2. The number of nitrogens with one attached hydrogen (secondary N) is 1. The van der Waals surface area contributed by atoms with Crippen LogP contribution >= 0.6 is 34.0 Å². The second kappa shape index (κ2) is 42.2. The van der Waals surface area contributed by atoms with E-state index in [-0.39, 0.29) is 164 Å². The Morgan fingerprint density at radius 1 is 0.538 bits per heavy atom. The second-order valence-corrected chi connectivity index (χ2v) is 32.1. The third-order valence-corrected chi connectivity index (χ3v) is 24.7. The maximum absolute atomic E-state index is 14.2. The van der Waals surface area contributed by atoms with Gasteiger partial charge < -0.3 is 80.3 Å². The van der Waals surface area contributed by atoms with Crippen molar-refractivity contribution in [1.29, 1.82) is 0 Å². The molecule has 26 nitrogen and oxygen atoms in total. The summed E-state index contributed by atoms with van der Waals surface area (Å²) in [6, 6.07) is 9.95. The van der Waals surface area contributed by atoms with Crippen LogP contribution in [0.25, 0.3) is 31.7 Å². The van der Waals surface area contributed by atoms with Crippen molar-refractivity contribution in [3.8, 4) is 49.0 Å². The van der Waals surface area contributed by atoms with Gasteiger partial charge in [0.15, 0.2) is 37.9 Å². The van der Waals surface area contributed by atoms with E-state index in [0.29, 0.717) is 65.5 Å². The maximum Gasteiger partial charge on any atom is 1.00 e. The number of pyridine rings is 2. The van der Waals surface area contributed by atoms with Gasteiger partial charge in [-0.25, -0.2) is 31.1 Å². The van der Waals surface area contributed by atoms with Crippen molar-refractivity contribution >= 4 is 51.8 Å². The summed E-state index contributed by atoms with van der Waals surface area (Å²) < 4.78 is 123. The fourth-order valence-electron chi connectivity index (χ4n) is 16.1. The van der Waals surface area contributed by atoms with Crippen molar-refractivity contribution in [2.45, 2.75) is 193 Å². The van der Waals surface area contributed by atoms with Crippen molar-refractivity contribution in [3.05, 3.63) is 188 Å². The Morgan fingerprint density at radius 2 is 0.916 bits per heavy atom. The van der Waals surface area contributed by atoms with Crippen LogP contribution in [-0.2, 0) is 51.3 Å². The van der Waals surface area contributed by atoms with Crippen LogP contribution in [0.2, 0.25) is 0 Å². The van der Waals surface area contributed by atoms with E-state index in [1.54, 1.807) is 28.8 Å². The zero-order valence-electron chi connectivity index (χ0n) is 68.0. The normalized spacial score (nSPS) is 19.8. The molecule has 0 saturated heterocycles. The minimum atomic E-state index is -0.826. The van der Waals surface area contributed by atoms with Crippen LogP contribution in [0.15, 0.2) is 92.1 Å². The molecule has 0 radical (unpaired) electrons. The van der Waals surface area contributed by atoms with Crippen LogP contribution < -0.4 is 68.1 Å². The first kappa shape index (κ1) is 94.1. The molecule has 636 valence electrons. The molecule has 9 aromatic rings. The number of halogens is 7. The molecule has 6 aromatic heterocycles. The van der Waals surface area contributed by atoms with E-state index in [1.807, 2.05) is 37.2 Å². The number of esters is 1. The number of nitrogens with two attached hydrogens (primary N) is 1. The number of likely N-dealkylation sites (N-methyl/N-ethyl adjacent to an activating group) is 3. The van der Waals surface area contributed by atoms with Gasteiger partial charge in [0, 0.05) is 108 Å². The van der Waals surface area contributed by atoms with E-state index in [0.717, 1.165) is 161 Å². The first-order chi connectivity index (χ1) is 56.3. The van der Waals surface area contributed by atoms with Gasteiger partial charge in [-0.1, -0.05) is 59.1 Å². The molecule has 3 aliphatic carbocycles. The molecular weight excluding hydrogens is 1630 g/mol. The molecule has 3 fully saturated rings. The summed E-state index contributed by atoms with van der Waals surface area (Å²) in [5.41, 5.74) is 4.87. The van der Waals surface area contributed by atoms with Crippen molar-refractivity contribution < 1.29 is 110 Å². The van der Waals surface area contributed by atoms with Gasteiger partial charge in [0.25, 0.3) is 17.6 Å². The van der Waals surface area contributed by atoms with E-state index < -0.39 is 68.4 Å². The summed E-state index contributed by atoms with van der Waals surface area (Å²) in [5, 5.41) is 40.9. The molecule has 0 bridgehead atoms. The summed E-state index contributed by atoms with van der Waals surface area (Å²) in [6.45, 7) is 19.6. The Morgan fingerprint density at radius 3 is 1.29 bits per heavy atom. The first-order valence-electron chi connectivity index (χ1n) is 39.1. The number of ether oxygens (including phenoxy) is 6. The number of benzene rings is 3. The smallest absolute Gasteiger partial charge is 1.00 e. The predicted octanol–water partition coefficient (Wildman–Crippen LogP) is 7.07. The summed E-state index contributed by atoms with van der Waals surface area (Å²) >= 11 is 3.28. The minimum Gasteiger partial charge on any atom is -1.00 e. The van der Waals surface area contributed by atoms with E-state index in [9.17, 15) is 60.2 Å². The minimum absolute atomic E-state index is 0. The van der Waals surface area contributed by atoms with Gasteiger partial charge in [0.1, 0.15) is 56.2 Å². The topological polar surface area (TPSA) is 323 Å². The zero-order chi connectivity index (χ0) is 84.0. The van der Waals surface area contributed by atoms with E-state index in [4.69, 9.17) is 38.6 Å². The van der Waals surface area contributed by atoms with Crippen molar-refractivity contribution in [1.82, 2.24) is 54.8 Å². The van der Waals surface area contributed by atoms with E-state index >= 15 is 0 Å². The number of rotatable bonds is 24. The fraction of sp³-hybridized carbons (Fsp3) is 0.488. The van der Waals surface area contributed by atoms with Crippen LogP contribution in [0, 0.1) is 34.9 Å². The predicted molar refractivity (Wildman–Crippen MR) is 427 cm³/mol. The van der Waals surface area contributed by atoms with Crippen LogP contribution in [0.3, 0.4) is 0 Å². The molecule has 8 heterocycles. The molecule has 5 aliphatic rings. The molecule has 4 N–H and O–H groups in total. The largest absolute Gasteiger partial charge is 1.00 e. The number of carbonyl (C=O) groups excluding carboxylic acids is 3. The Hall–Kier alpha value is -8.73. The second-order valence-electron chi connectivity index (χ2n) is 28.9. The molecule has 2 spiro atoms. The monoisotopic (exact) mass is 1720 g/mol. The van der Waals surface area contributed by atoms with Gasteiger partial charge in [-0.3, -0.25) is 24.0 Å². The van der Waals surface area contributed by atoms with Crippen LogP contribution in [0.5, 0.6) is 17.2 Å². The Kier molecular flexibility index (Phi) is 33.4. The molecule has 14 rings (SSSR count). The molecular formula is C82H96ClF6LiN12O14S3. The summed E-state index contributed by atoms with van der Waals surface area (Å²) in [6.07, 6.45) is 16.5. The Labute approximate surface area is 714 Å². The summed E-state index contributed by atoms with van der Waals surface area (Å²) in [4.78, 5) is 82.0. The SMILES string of the molecule is CCNC1(CN)CCC(OCC)CC1.CCOC(=O)c1occ(-c2nnc(Cc3ccc(F)cc3F)s2)c(=O)c1OC.CCOC1CCC2(CC1)Cn1cc(-c3nnc(Cc4ccc(F)cc4F)s3)c(=O)c(O)c1C(=O)N2CC.CCOC1CCC2(CC1)Cn1cc(-c3nnc(Cc4ccc(F)cc4F)s3)c(=O)c(OC)c1C(=O)N2CC.[Cl-].[Li+]. The van der Waals surface area contributed by atoms with Gasteiger partial charge in [-0.2, -0.15) is 0 Å². The molecule has 2 amide bonds. The van der Waals surface area contributed by atoms with E-state index in [1.165, 1.54) is 44.6 Å². The standard InChI is InChI=1S/C27H30F2N4O4S.C26H28F2N4O4S.C18H14F2N2O5S.C11H24N2O.ClH.Li/c1-4-33-26(35)22-24(36-3)23(34)19(14-32(22)15-27(33)10-8-18(9-11-27)37-5-2)25-31-30-21(38-25)12-16-6-7-17(28)13-20(16)29;1-3-32-25(35)21-23(34)22(33)18(13-31(21)14-26(32)9-7-17(8-10-26)36-4-2)24-30-29-20(37-24)11-15-5-6-16(27)12-19(15)28;1-3-26-18(24)16-15(25-2)14(23)11(8-27-16)17-22-21-13(28-17)6-9-4-5-10(19)7-12(9)20;1-3-13-11(9-12)7-5-10(6-8-11)14-4-2;;/h6-7,13-14,18H,4-5,8-12,15H2,1-3H3;5-6,12-13,17,34H,3-4,7-11,14H2,1-2H3;4-5,7-8H,3,6H2,1-2H3;10,13H,3-9,12H2,1-2H3;1H;/q;;;;;+1/p-1.